The fourth-order valence-electron chi connectivity index (χ4n) is 2.64. The smallest absolute Gasteiger partial charge is 0.332 e. The first-order chi connectivity index (χ1) is 10.9. The summed E-state index contributed by atoms with van der Waals surface area (Å²) in [6.07, 6.45) is 1.13. The van der Waals surface area contributed by atoms with Crippen LogP contribution in [-0.4, -0.2) is 28.7 Å². The summed E-state index contributed by atoms with van der Waals surface area (Å²) in [6.45, 7) is 1.54. The summed E-state index contributed by atoms with van der Waals surface area (Å²) in [5, 5.41) is 2.48. The number of ether oxygens (including phenoxy) is 1. The number of hydrogen-bond donors (Lipinski definition) is 2. The van der Waals surface area contributed by atoms with Gasteiger partial charge in [-0.25, -0.2) is 4.79 Å². The molecule has 2 aliphatic rings. The van der Waals surface area contributed by atoms with Gasteiger partial charge in [-0.3, -0.25) is 14.4 Å². The minimum atomic E-state index is -1.68. The van der Waals surface area contributed by atoms with E-state index >= 15 is 0 Å². The highest BCUT2D eigenvalue weighted by molar-refractivity contribution is 6.19. The van der Waals surface area contributed by atoms with Crippen LogP contribution in [0.1, 0.15) is 18.9 Å². The molecule has 1 aromatic rings. The minimum absolute atomic E-state index is 0.0141. The average Bonchev–Trinajstić information content (AvgIpc) is 2.77. The molecule has 8 nitrogen and oxygen atoms in total. The Hall–Kier alpha value is -3.16. The summed E-state index contributed by atoms with van der Waals surface area (Å²) in [5.41, 5.74) is 3.89. The zero-order valence-corrected chi connectivity index (χ0v) is 12.2. The Morgan fingerprint density at radius 3 is 2.65 bits per heavy atom. The molecule has 1 aromatic carbocycles. The fourth-order valence-corrected chi connectivity index (χ4v) is 2.64. The molecule has 1 unspecified atom stereocenters. The molecule has 0 bridgehead atoms. The number of carbonyl (C=O) groups excluding carboxylic acids is 4. The second-order valence-electron chi connectivity index (χ2n) is 5.10. The maximum atomic E-state index is 12.8. The van der Waals surface area contributed by atoms with Gasteiger partial charge in [0.05, 0.1) is 0 Å². The van der Waals surface area contributed by atoms with Crippen LogP contribution in [0.2, 0.25) is 0 Å². The van der Waals surface area contributed by atoms with E-state index in [1.54, 1.807) is 18.2 Å². The lowest BCUT2D eigenvalue weighted by Crippen LogP contribution is -2.46. The van der Waals surface area contributed by atoms with Crippen LogP contribution in [0.5, 0.6) is 5.75 Å². The zero-order chi connectivity index (χ0) is 16.8. The second kappa shape index (κ2) is 4.94. The topological polar surface area (TPSA) is 119 Å². The normalized spacial score (nSPS) is 22.3. The van der Waals surface area contributed by atoms with Gasteiger partial charge in [-0.1, -0.05) is 25.1 Å². The van der Waals surface area contributed by atoms with E-state index in [1.165, 1.54) is 13.0 Å². The molecule has 2 heterocycles. The molecule has 5 amide bonds. The van der Waals surface area contributed by atoms with E-state index in [-0.39, 0.29) is 17.9 Å². The van der Waals surface area contributed by atoms with Crippen molar-refractivity contribution in [2.24, 2.45) is 5.73 Å². The summed E-state index contributed by atoms with van der Waals surface area (Å²) < 4.78 is 5.37. The van der Waals surface area contributed by atoms with E-state index in [9.17, 15) is 19.2 Å². The lowest BCUT2D eigenvalue weighted by Gasteiger charge is -2.30. The first-order valence-corrected chi connectivity index (χ1v) is 6.90. The van der Waals surface area contributed by atoms with E-state index < -0.39 is 29.3 Å². The van der Waals surface area contributed by atoms with Gasteiger partial charge in [0.1, 0.15) is 5.75 Å². The van der Waals surface area contributed by atoms with Gasteiger partial charge in [0.15, 0.2) is 11.3 Å². The molecule has 3 N–H and O–H groups in total. The summed E-state index contributed by atoms with van der Waals surface area (Å²) in [4.78, 5) is 48.8. The number of benzene rings is 1. The van der Waals surface area contributed by atoms with Crippen LogP contribution in [0.4, 0.5) is 4.79 Å². The van der Waals surface area contributed by atoms with Crippen molar-refractivity contribution in [3.8, 4) is 5.75 Å². The summed E-state index contributed by atoms with van der Waals surface area (Å²) in [5.74, 6) is -2.38. The van der Waals surface area contributed by atoms with Crippen molar-refractivity contribution in [2.45, 2.75) is 18.9 Å². The number of nitrogens with zero attached hydrogens (tertiary/aromatic N) is 1. The highest BCUT2D eigenvalue weighted by Gasteiger charge is 2.56. The van der Waals surface area contributed by atoms with Crippen molar-refractivity contribution in [3.63, 3.8) is 0 Å². The van der Waals surface area contributed by atoms with E-state index in [4.69, 9.17) is 10.5 Å². The predicted octanol–water partition coefficient (Wildman–Crippen LogP) is 0.132. The largest absolute Gasteiger partial charge is 0.451 e. The van der Waals surface area contributed by atoms with Gasteiger partial charge in [-0.15, -0.1) is 0 Å². The quantitative estimate of drug-likeness (QED) is 0.752. The molecular formula is C15H13N3O5. The predicted molar refractivity (Wildman–Crippen MR) is 76.7 cm³/mol. The van der Waals surface area contributed by atoms with Crippen LogP contribution in [0.3, 0.4) is 0 Å². The molecule has 1 atom stereocenters. The molecule has 3 rings (SSSR count). The summed E-state index contributed by atoms with van der Waals surface area (Å²) >= 11 is 0. The third-order valence-corrected chi connectivity index (χ3v) is 3.72. The Balaban J connectivity index is 2.20. The van der Waals surface area contributed by atoms with Crippen LogP contribution in [0.15, 0.2) is 36.1 Å². The van der Waals surface area contributed by atoms with Crippen molar-refractivity contribution < 1.29 is 23.9 Å². The summed E-state index contributed by atoms with van der Waals surface area (Å²) in [7, 11) is 0. The van der Waals surface area contributed by atoms with Gasteiger partial charge in [-0.05, 0) is 6.07 Å². The molecule has 8 heteroatoms. The molecule has 0 radical (unpaired) electrons. The van der Waals surface area contributed by atoms with Gasteiger partial charge >= 0.3 is 6.03 Å². The van der Waals surface area contributed by atoms with Crippen molar-refractivity contribution in [1.82, 2.24) is 10.2 Å². The van der Waals surface area contributed by atoms with Gasteiger partial charge in [0, 0.05) is 18.1 Å². The lowest BCUT2D eigenvalue weighted by molar-refractivity contribution is -0.141. The maximum Gasteiger partial charge on any atom is 0.332 e. The molecule has 0 saturated carbocycles. The number of fused-ring (bicyclic) bond motifs is 2. The van der Waals surface area contributed by atoms with E-state index in [1.807, 2.05) is 0 Å². The molecule has 1 saturated heterocycles. The van der Waals surface area contributed by atoms with Crippen LogP contribution in [0, 0.1) is 0 Å². The van der Waals surface area contributed by atoms with E-state index in [0.717, 1.165) is 6.08 Å². The number of amides is 5. The minimum Gasteiger partial charge on any atom is -0.451 e. The Morgan fingerprint density at radius 1 is 1.30 bits per heavy atom. The molecule has 23 heavy (non-hydrogen) atoms. The molecule has 118 valence electrons. The molecule has 0 aromatic heterocycles. The molecule has 1 fully saturated rings. The van der Waals surface area contributed by atoms with Crippen molar-refractivity contribution in [2.75, 3.05) is 0 Å². The van der Waals surface area contributed by atoms with Gasteiger partial charge < -0.3 is 15.8 Å². The van der Waals surface area contributed by atoms with Crippen molar-refractivity contribution in [3.05, 3.63) is 41.7 Å². The van der Waals surface area contributed by atoms with Gasteiger partial charge in [0.2, 0.25) is 5.91 Å². The van der Waals surface area contributed by atoms with E-state index in [2.05, 4.69) is 5.32 Å². The third-order valence-electron chi connectivity index (χ3n) is 3.72. The number of primary amides is 1. The van der Waals surface area contributed by atoms with Crippen LogP contribution in [0.25, 0.3) is 0 Å². The van der Waals surface area contributed by atoms with Crippen molar-refractivity contribution >= 4 is 23.8 Å². The number of para-hydroxylation sites is 1. The second-order valence-corrected chi connectivity index (χ2v) is 5.10. The Kier molecular flexibility index (Phi) is 3.17. The van der Waals surface area contributed by atoms with E-state index in [0.29, 0.717) is 10.5 Å². The standard InChI is InChI=1S/C15H13N3O5/c1-2-11(19)18-13(21)15(17-14(18)22)7-10(12(16)20)23-9-6-4-3-5-8(9)15/h3-7H,2H2,1H3,(H2,16,20)(H,17,22). The number of rotatable bonds is 2. The number of urea groups is 1. The molecule has 1 spiro atoms. The molecule has 2 aliphatic heterocycles. The Morgan fingerprint density at radius 2 is 2.00 bits per heavy atom. The zero-order valence-electron chi connectivity index (χ0n) is 12.2. The SMILES string of the molecule is CCC(=O)N1C(=O)NC2(C=C(C(N)=O)Oc3ccccc32)C1=O. The number of nitrogens with one attached hydrogen (secondary N) is 1. The number of imide groups is 3. The number of carbonyl (C=O) groups is 4. The first kappa shape index (κ1) is 14.8. The lowest BCUT2D eigenvalue weighted by atomic mass is 9.86. The molecular weight excluding hydrogens is 302 g/mol. The fraction of sp³-hybridized carbons (Fsp3) is 0.200. The monoisotopic (exact) mass is 315 g/mol. The highest BCUT2D eigenvalue weighted by Crippen LogP contribution is 2.41. The van der Waals surface area contributed by atoms with Crippen LogP contribution < -0.4 is 15.8 Å². The number of nitrogens with two attached hydrogens (primary N) is 1. The molecule has 0 aliphatic carbocycles. The third kappa shape index (κ3) is 1.99. The maximum absolute atomic E-state index is 12.8. The Labute approximate surface area is 130 Å². The van der Waals surface area contributed by atoms with Crippen LogP contribution >= 0.6 is 0 Å². The van der Waals surface area contributed by atoms with Crippen molar-refractivity contribution in [1.29, 1.82) is 0 Å². The Bertz CT molecular complexity index is 785. The van der Waals surface area contributed by atoms with Gasteiger partial charge in [0.25, 0.3) is 11.8 Å². The average molecular weight is 315 g/mol. The van der Waals surface area contributed by atoms with Gasteiger partial charge in [-0.2, -0.15) is 4.90 Å². The highest BCUT2D eigenvalue weighted by atomic mass is 16.5. The van der Waals surface area contributed by atoms with Crippen LogP contribution in [-0.2, 0) is 19.9 Å². The number of hydrogen-bond acceptors (Lipinski definition) is 5. The first-order valence-electron chi connectivity index (χ1n) is 6.90. The summed E-state index contributed by atoms with van der Waals surface area (Å²) in [6, 6.07) is 5.56.